The van der Waals surface area contributed by atoms with Gasteiger partial charge in [0.15, 0.2) is 17.5 Å². The minimum atomic E-state index is 0.643. The standard InChI is InChI=1S/C46H30N4/c1-3-12-34(13-4-1)44-48-45(35-14-5-2-6-15-35)50-46(49-44)36-27-25-33(26-28-36)43-40-19-9-7-17-38(40)42(39-18-8-10-20-41(39)43)32-23-21-31(22-24-32)37-16-11-29-47-30-37/h1-30H. The highest BCUT2D eigenvalue weighted by Gasteiger charge is 2.18. The molecule has 0 aliphatic rings. The Hall–Kier alpha value is -6.78. The van der Waals surface area contributed by atoms with E-state index < -0.39 is 0 Å². The molecule has 0 N–H and O–H groups in total. The quantitative estimate of drug-likeness (QED) is 0.170. The van der Waals surface area contributed by atoms with Crippen LogP contribution < -0.4 is 0 Å². The first-order chi connectivity index (χ1) is 24.8. The predicted molar refractivity (Wildman–Crippen MR) is 205 cm³/mol. The average Bonchev–Trinajstić information content (AvgIpc) is 3.21. The van der Waals surface area contributed by atoms with Crippen molar-refractivity contribution >= 4 is 21.5 Å². The Morgan fingerprint density at radius 2 is 0.600 bits per heavy atom. The second-order valence-corrected chi connectivity index (χ2v) is 12.3. The topological polar surface area (TPSA) is 51.6 Å². The number of aromatic nitrogens is 4. The molecule has 0 atom stereocenters. The van der Waals surface area contributed by atoms with Gasteiger partial charge in [-0.25, -0.2) is 15.0 Å². The van der Waals surface area contributed by atoms with Gasteiger partial charge in [-0.15, -0.1) is 0 Å². The molecule has 0 unspecified atom stereocenters. The zero-order valence-corrected chi connectivity index (χ0v) is 27.1. The monoisotopic (exact) mass is 638 g/mol. The van der Waals surface area contributed by atoms with Gasteiger partial charge in [0.1, 0.15) is 0 Å². The lowest BCUT2D eigenvalue weighted by Gasteiger charge is -2.18. The van der Waals surface area contributed by atoms with Crippen LogP contribution in [0.1, 0.15) is 0 Å². The highest BCUT2D eigenvalue weighted by molar-refractivity contribution is 6.21. The summed E-state index contributed by atoms with van der Waals surface area (Å²) in [4.78, 5) is 19.1. The summed E-state index contributed by atoms with van der Waals surface area (Å²) in [6.45, 7) is 0. The van der Waals surface area contributed by atoms with Crippen LogP contribution in [0, 0.1) is 0 Å². The van der Waals surface area contributed by atoms with E-state index in [1.807, 2.05) is 79.1 Å². The first kappa shape index (κ1) is 29.4. The molecular formula is C46H30N4. The molecule has 50 heavy (non-hydrogen) atoms. The summed E-state index contributed by atoms with van der Waals surface area (Å²) in [6.07, 6.45) is 3.72. The maximum Gasteiger partial charge on any atom is 0.164 e. The number of nitrogens with zero attached hydrogens (tertiary/aromatic N) is 4. The number of pyridine rings is 1. The molecule has 234 valence electrons. The summed E-state index contributed by atoms with van der Waals surface area (Å²) in [7, 11) is 0. The zero-order valence-electron chi connectivity index (χ0n) is 27.1. The van der Waals surface area contributed by atoms with Gasteiger partial charge in [0.2, 0.25) is 0 Å². The van der Waals surface area contributed by atoms with E-state index in [4.69, 9.17) is 15.0 Å². The lowest BCUT2D eigenvalue weighted by atomic mass is 9.85. The van der Waals surface area contributed by atoms with E-state index in [2.05, 4.69) is 108 Å². The zero-order chi connectivity index (χ0) is 33.3. The number of rotatable bonds is 6. The first-order valence-electron chi connectivity index (χ1n) is 16.7. The molecule has 0 aliphatic heterocycles. The van der Waals surface area contributed by atoms with Gasteiger partial charge in [-0.1, -0.05) is 164 Å². The van der Waals surface area contributed by atoms with Crippen LogP contribution in [0.5, 0.6) is 0 Å². The molecule has 4 heteroatoms. The fourth-order valence-corrected chi connectivity index (χ4v) is 6.84. The molecule has 0 bridgehead atoms. The second-order valence-electron chi connectivity index (χ2n) is 12.3. The molecule has 0 amide bonds. The lowest BCUT2D eigenvalue weighted by molar-refractivity contribution is 1.07. The van der Waals surface area contributed by atoms with Crippen LogP contribution in [-0.2, 0) is 0 Å². The van der Waals surface area contributed by atoms with Crippen molar-refractivity contribution in [2.45, 2.75) is 0 Å². The average molecular weight is 639 g/mol. The van der Waals surface area contributed by atoms with Gasteiger partial charge >= 0.3 is 0 Å². The fraction of sp³-hybridized carbons (Fsp3) is 0. The van der Waals surface area contributed by atoms with E-state index in [1.54, 1.807) is 0 Å². The Morgan fingerprint density at radius 3 is 1.00 bits per heavy atom. The molecular weight excluding hydrogens is 609 g/mol. The lowest BCUT2D eigenvalue weighted by Crippen LogP contribution is -2.00. The summed E-state index contributed by atoms with van der Waals surface area (Å²) < 4.78 is 0. The summed E-state index contributed by atoms with van der Waals surface area (Å²) in [5.41, 5.74) is 9.87. The highest BCUT2D eigenvalue weighted by Crippen LogP contribution is 2.44. The Labute approximate surface area is 290 Å². The minimum Gasteiger partial charge on any atom is -0.264 e. The molecule has 0 saturated carbocycles. The van der Waals surface area contributed by atoms with Crippen LogP contribution in [0.15, 0.2) is 182 Å². The van der Waals surface area contributed by atoms with Crippen LogP contribution in [0.2, 0.25) is 0 Å². The van der Waals surface area contributed by atoms with Gasteiger partial charge in [-0.3, -0.25) is 4.98 Å². The Morgan fingerprint density at radius 1 is 0.260 bits per heavy atom. The molecule has 0 fully saturated rings. The normalized spacial score (nSPS) is 11.2. The van der Waals surface area contributed by atoms with Gasteiger partial charge in [0, 0.05) is 29.1 Å². The molecule has 2 heterocycles. The van der Waals surface area contributed by atoms with Gasteiger partial charge in [-0.05, 0) is 61.0 Å². The number of hydrogen-bond acceptors (Lipinski definition) is 4. The Balaban J connectivity index is 1.17. The summed E-state index contributed by atoms with van der Waals surface area (Å²) in [6, 6.07) is 59.2. The highest BCUT2D eigenvalue weighted by atomic mass is 15.0. The molecule has 2 aromatic heterocycles. The summed E-state index contributed by atoms with van der Waals surface area (Å²) in [5.74, 6) is 1.95. The molecule has 9 aromatic rings. The smallest absolute Gasteiger partial charge is 0.164 e. The van der Waals surface area contributed by atoms with Gasteiger partial charge < -0.3 is 0 Å². The first-order valence-corrected chi connectivity index (χ1v) is 16.7. The van der Waals surface area contributed by atoms with Crippen molar-refractivity contribution in [2.75, 3.05) is 0 Å². The second kappa shape index (κ2) is 12.7. The maximum absolute atomic E-state index is 4.95. The van der Waals surface area contributed by atoms with Crippen LogP contribution in [0.3, 0.4) is 0 Å². The number of hydrogen-bond donors (Lipinski definition) is 0. The molecule has 7 aromatic carbocycles. The van der Waals surface area contributed by atoms with Gasteiger partial charge in [0.05, 0.1) is 0 Å². The molecule has 0 aliphatic carbocycles. The van der Waals surface area contributed by atoms with Gasteiger partial charge in [-0.2, -0.15) is 0 Å². The number of benzene rings is 7. The van der Waals surface area contributed by atoms with Crippen LogP contribution in [0.4, 0.5) is 0 Å². The summed E-state index contributed by atoms with van der Waals surface area (Å²) >= 11 is 0. The molecule has 0 radical (unpaired) electrons. The fourth-order valence-electron chi connectivity index (χ4n) is 6.84. The van der Waals surface area contributed by atoms with E-state index in [-0.39, 0.29) is 0 Å². The molecule has 9 rings (SSSR count). The van der Waals surface area contributed by atoms with Crippen molar-refractivity contribution in [3.05, 3.63) is 182 Å². The predicted octanol–water partition coefficient (Wildman–Crippen LogP) is 11.6. The van der Waals surface area contributed by atoms with Crippen molar-refractivity contribution in [2.24, 2.45) is 0 Å². The van der Waals surface area contributed by atoms with E-state index in [0.29, 0.717) is 17.5 Å². The molecule has 0 saturated heterocycles. The maximum atomic E-state index is 4.95. The number of fused-ring (bicyclic) bond motifs is 2. The van der Waals surface area contributed by atoms with E-state index in [1.165, 1.54) is 38.2 Å². The third-order valence-electron chi connectivity index (χ3n) is 9.23. The summed E-state index contributed by atoms with van der Waals surface area (Å²) in [5, 5.41) is 4.86. The van der Waals surface area contributed by atoms with Crippen molar-refractivity contribution in [1.82, 2.24) is 19.9 Å². The van der Waals surface area contributed by atoms with Crippen LogP contribution in [-0.4, -0.2) is 19.9 Å². The van der Waals surface area contributed by atoms with Crippen molar-refractivity contribution in [3.63, 3.8) is 0 Å². The van der Waals surface area contributed by atoms with E-state index >= 15 is 0 Å². The largest absolute Gasteiger partial charge is 0.264 e. The van der Waals surface area contributed by atoms with Crippen LogP contribution >= 0.6 is 0 Å². The third-order valence-corrected chi connectivity index (χ3v) is 9.23. The SMILES string of the molecule is c1ccc(-c2nc(-c3ccccc3)nc(-c3ccc(-c4c5ccccc5c(-c5ccc(-c6cccnc6)cc5)c5ccccc45)cc3)n2)cc1. The Bertz CT molecular complexity index is 2490. The van der Waals surface area contributed by atoms with E-state index in [9.17, 15) is 0 Å². The molecule has 0 spiro atoms. The molecule has 4 nitrogen and oxygen atoms in total. The minimum absolute atomic E-state index is 0.643. The Kier molecular flexibility index (Phi) is 7.45. The van der Waals surface area contributed by atoms with Crippen molar-refractivity contribution in [3.8, 4) is 67.5 Å². The van der Waals surface area contributed by atoms with Crippen molar-refractivity contribution in [1.29, 1.82) is 0 Å². The third kappa shape index (κ3) is 5.39. The van der Waals surface area contributed by atoms with Crippen LogP contribution in [0.25, 0.3) is 89.1 Å². The van der Waals surface area contributed by atoms with E-state index in [0.717, 1.165) is 33.4 Å². The van der Waals surface area contributed by atoms with Crippen molar-refractivity contribution < 1.29 is 0 Å². The van der Waals surface area contributed by atoms with Gasteiger partial charge in [0.25, 0.3) is 0 Å².